The van der Waals surface area contributed by atoms with Gasteiger partial charge < -0.3 is 10.1 Å². The molecular weight excluding hydrogens is 210 g/mol. The largest absolute Gasteiger partial charge is 0.383 e. The summed E-state index contributed by atoms with van der Waals surface area (Å²) in [6.45, 7) is 0.578. The molecule has 84 valence electrons. The van der Waals surface area contributed by atoms with Crippen LogP contribution in [0.2, 0.25) is 0 Å². The Morgan fingerprint density at radius 2 is 2.07 bits per heavy atom. The Morgan fingerprint density at radius 1 is 1.40 bits per heavy atom. The second-order valence-corrected chi connectivity index (χ2v) is 4.76. The summed E-state index contributed by atoms with van der Waals surface area (Å²) < 4.78 is 16.9. The lowest BCUT2D eigenvalue weighted by molar-refractivity contribution is 0.176. The molecule has 0 aliphatic heterocycles. The molecule has 0 radical (unpaired) electrons. The predicted octanol–water partition coefficient (Wildman–Crippen LogP) is 1.03. The van der Waals surface area contributed by atoms with Crippen molar-refractivity contribution < 1.29 is 8.95 Å². The van der Waals surface area contributed by atoms with Gasteiger partial charge in [-0.15, -0.1) is 0 Å². The molecular formula is C11H17NO2S. The van der Waals surface area contributed by atoms with Crippen molar-refractivity contribution in [2.75, 3.05) is 26.5 Å². The zero-order chi connectivity index (χ0) is 11.1. The molecule has 0 spiro atoms. The van der Waals surface area contributed by atoms with E-state index in [4.69, 9.17) is 4.74 Å². The zero-order valence-corrected chi connectivity index (χ0v) is 9.92. The summed E-state index contributed by atoms with van der Waals surface area (Å²) >= 11 is 0. The highest BCUT2D eigenvalue weighted by Crippen LogP contribution is 2.06. The lowest BCUT2D eigenvalue weighted by Gasteiger charge is -2.14. The van der Waals surface area contributed by atoms with Crippen LogP contribution in [-0.2, 0) is 15.5 Å². The summed E-state index contributed by atoms with van der Waals surface area (Å²) in [5.74, 6) is 0.578. The Morgan fingerprint density at radius 3 is 2.60 bits per heavy atom. The molecule has 0 heterocycles. The molecule has 0 saturated carbocycles. The third-order valence-electron chi connectivity index (χ3n) is 2.13. The van der Waals surface area contributed by atoms with Gasteiger partial charge >= 0.3 is 0 Å². The second kappa shape index (κ2) is 6.71. The van der Waals surface area contributed by atoms with Gasteiger partial charge in [-0.3, -0.25) is 4.21 Å². The molecule has 2 atom stereocenters. The third kappa shape index (κ3) is 4.11. The van der Waals surface area contributed by atoms with Crippen molar-refractivity contribution in [2.24, 2.45) is 0 Å². The van der Waals surface area contributed by atoms with Crippen LogP contribution >= 0.6 is 0 Å². The maximum absolute atomic E-state index is 11.9. The number of ether oxygens (including phenoxy) is 1. The maximum atomic E-state index is 11.9. The van der Waals surface area contributed by atoms with E-state index in [9.17, 15) is 4.21 Å². The fourth-order valence-corrected chi connectivity index (χ4v) is 2.55. The summed E-state index contributed by atoms with van der Waals surface area (Å²) in [6.07, 6.45) is 0. The van der Waals surface area contributed by atoms with E-state index in [0.717, 1.165) is 4.90 Å². The fourth-order valence-electron chi connectivity index (χ4n) is 1.27. The van der Waals surface area contributed by atoms with E-state index in [-0.39, 0.29) is 6.04 Å². The molecule has 1 aromatic carbocycles. The lowest BCUT2D eigenvalue weighted by Crippen LogP contribution is -2.35. The van der Waals surface area contributed by atoms with E-state index in [1.54, 1.807) is 7.11 Å². The normalized spacial score (nSPS) is 14.8. The van der Waals surface area contributed by atoms with Crippen LogP contribution in [0.1, 0.15) is 0 Å². The first-order valence-electron chi connectivity index (χ1n) is 4.87. The molecule has 0 fully saturated rings. The molecule has 0 aromatic heterocycles. The molecule has 1 rings (SSSR count). The van der Waals surface area contributed by atoms with Crippen molar-refractivity contribution in [3.8, 4) is 0 Å². The van der Waals surface area contributed by atoms with Crippen LogP contribution in [0.25, 0.3) is 0 Å². The van der Waals surface area contributed by atoms with Gasteiger partial charge in [0.2, 0.25) is 0 Å². The molecule has 0 saturated heterocycles. The van der Waals surface area contributed by atoms with Crippen LogP contribution in [0.3, 0.4) is 0 Å². The number of rotatable bonds is 6. The number of benzene rings is 1. The first-order chi connectivity index (χ1) is 7.27. The molecule has 2 unspecified atom stereocenters. The van der Waals surface area contributed by atoms with Gasteiger partial charge in [0.25, 0.3) is 0 Å². The third-order valence-corrected chi connectivity index (χ3v) is 3.64. The summed E-state index contributed by atoms with van der Waals surface area (Å²) in [6, 6.07) is 9.63. The van der Waals surface area contributed by atoms with E-state index in [1.165, 1.54) is 0 Å². The summed E-state index contributed by atoms with van der Waals surface area (Å²) in [5, 5.41) is 3.09. The summed E-state index contributed by atoms with van der Waals surface area (Å²) in [4.78, 5) is 0.869. The Hall–Kier alpha value is -0.710. The van der Waals surface area contributed by atoms with Gasteiger partial charge in [0.05, 0.1) is 17.4 Å². The van der Waals surface area contributed by atoms with E-state index < -0.39 is 10.8 Å². The number of hydrogen-bond donors (Lipinski definition) is 1. The molecule has 15 heavy (non-hydrogen) atoms. The summed E-state index contributed by atoms with van der Waals surface area (Å²) in [5.41, 5.74) is 0. The first kappa shape index (κ1) is 12.4. The molecule has 1 aromatic rings. The minimum Gasteiger partial charge on any atom is -0.383 e. The van der Waals surface area contributed by atoms with Crippen molar-refractivity contribution in [2.45, 2.75) is 10.9 Å². The van der Waals surface area contributed by atoms with Gasteiger partial charge in [-0.2, -0.15) is 0 Å². The predicted molar refractivity (Wildman–Crippen MR) is 62.4 cm³/mol. The molecule has 0 amide bonds. The SMILES string of the molecule is CNC(COC)CS(=O)c1ccccc1. The van der Waals surface area contributed by atoms with Gasteiger partial charge in [-0.25, -0.2) is 0 Å². The standard InChI is InChI=1S/C11H17NO2S/c1-12-10(8-14-2)9-15(13)11-6-4-3-5-7-11/h3-7,10,12H,8-9H2,1-2H3. The molecule has 1 N–H and O–H groups in total. The van der Waals surface area contributed by atoms with Crippen LogP contribution in [0.4, 0.5) is 0 Å². The Kier molecular flexibility index (Phi) is 5.53. The molecule has 0 aliphatic carbocycles. The Bertz CT molecular complexity index is 303. The highest BCUT2D eigenvalue weighted by atomic mass is 32.2. The molecule has 0 bridgehead atoms. The smallest absolute Gasteiger partial charge is 0.0624 e. The van der Waals surface area contributed by atoms with Gasteiger partial charge in [-0.1, -0.05) is 18.2 Å². The highest BCUT2D eigenvalue weighted by molar-refractivity contribution is 7.85. The fraction of sp³-hybridized carbons (Fsp3) is 0.455. The number of likely N-dealkylation sites (N-methyl/N-ethyl adjacent to an activating group) is 1. The van der Waals surface area contributed by atoms with Crippen LogP contribution in [0, 0.1) is 0 Å². The van der Waals surface area contributed by atoms with Gasteiger partial charge in [-0.05, 0) is 19.2 Å². The van der Waals surface area contributed by atoms with E-state index in [0.29, 0.717) is 12.4 Å². The highest BCUT2D eigenvalue weighted by Gasteiger charge is 2.11. The Labute approximate surface area is 93.3 Å². The van der Waals surface area contributed by atoms with E-state index in [1.807, 2.05) is 37.4 Å². The maximum Gasteiger partial charge on any atom is 0.0624 e. The van der Waals surface area contributed by atoms with E-state index >= 15 is 0 Å². The van der Waals surface area contributed by atoms with Gasteiger partial charge in [0.15, 0.2) is 0 Å². The van der Waals surface area contributed by atoms with Crippen LogP contribution < -0.4 is 5.32 Å². The quantitative estimate of drug-likeness (QED) is 0.789. The molecule has 0 aliphatic rings. The van der Waals surface area contributed by atoms with Crippen LogP contribution in [0.15, 0.2) is 35.2 Å². The van der Waals surface area contributed by atoms with Crippen molar-refractivity contribution in [3.63, 3.8) is 0 Å². The number of hydrogen-bond acceptors (Lipinski definition) is 3. The molecule has 4 heteroatoms. The minimum atomic E-state index is -0.957. The monoisotopic (exact) mass is 227 g/mol. The molecule has 3 nitrogen and oxygen atoms in total. The van der Waals surface area contributed by atoms with Crippen LogP contribution in [0.5, 0.6) is 0 Å². The lowest BCUT2D eigenvalue weighted by atomic mass is 10.4. The van der Waals surface area contributed by atoms with Gasteiger partial charge in [0.1, 0.15) is 0 Å². The van der Waals surface area contributed by atoms with Crippen molar-refractivity contribution >= 4 is 10.8 Å². The Balaban J connectivity index is 2.55. The van der Waals surface area contributed by atoms with Crippen molar-refractivity contribution in [1.29, 1.82) is 0 Å². The number of methoxy groups -OCH3 is 1. The number of nitrogens with one attached hydrogen (secondary N) is 1. The second-order valence-electron chi connectivity index (χ2n) is 3.27. The first-order valence-corrected chi connectivity index (χ1v) is 6.19. The van der Waals surface area contributed by atoms with Crippen molar-refractivity contribution in [1.82, 2.24) is 5.32 Å². The van der Waals surface area contributed by atoms with Gasteiger partial charge in [0, 0.05) is 23.8 Å². The average Bonchev–Trinajstić information content (AvgIpc) is 2.29. The van der Waals surface area contributed by atoms with Crippen LogP contribution in [-0.4, -0.2) is 36.8 Å². The van der Waals surface area contributed by atoms with E-state index in [2.05, 4.69) is 5.32 Å². The average molecular weight is 227 g/mol. The summed E-state index contributed by atoms with van der Waals surface area (Å²) in [7, 11) is 2.54. The minimum absolute atomic E-state index is 0.135. The van der Waals surface area contributed by atoms with Crippen molar-refractivity contribution in [3.05, 3.63) is 30.3 Å². The zero-order valence-electron chi connectivity index (χ0n) is 9.10. The topological polar surface area (TPSA) is 38.3 Å².